The van der Waals surface area contributed by atoms with Crippen molar-refractivity contribution in [2.24, 2.45) is 0 Å². The topological polar surface area (TPSA) is 43.8 Å². The van der Waals surface area contributed by atoms with Crippen LogP contribution in [0.25, 0.3) is 0 Å². The van der Waals surface area contributed by atoms with Crippen molar-refractivity contribution in [3.63, 3.8) is 0 Å². The maximum Gasteiger partial charge on any atom is 0.245 e. The third kappa shape index (κ3) is 1.42. The molecule has 2 aliphatic heterocycles. The van der Waals surface area contributed by atoms with Gasteiger partial charge < -0.3 is 5.11 Å². The second-order valence-corrected chi connectivity index (χ2v) is 4.42. The molecule has 1 aromatic carbocycles. The third-order valence-corrected chi connectivity index (χ3v) is 3.32. The van der Waals surface area contributed by atoms with Gasteiger partial charge in [-0.2, -0.15) is 0 Å². The lowest BCUT2D eigenvalue weighted by Crippen LogP contribution is -2.30. The second-order valence-electron chi connectivity index (χ2n) is 4.42. The number of aliphatic hydroxyl groups is 1. The summed E-state index contributed by atoms with van der Waals surface area (Å²) in [4.78, 5) is 15.9. The van der Waals surface area contributed by atoms with Crippen LogP contribution >= 0.6 is 0 Å². The van der Waals surface area contributed by atoms with Gasteiger partial charge in [0.15, 0.2) is 0 Å². The molecule has 1 N–H and O–H groups in total. The van der Waals surface area contributed by atoms with Crippen LogP contribution in [0.4, 0.5) is 5.69 Å². The number of hydrogen-bond acceptors (Lipinski definition) is 3. The lowest BCUT2D eigenvalue weighted by atomic mass is 10.2. The zero-order chi connectivity index (χ0) is 11.1. The quantitative estimate of drug-likeness (QED) is 0.743. The largest absolute Gasteiger partial charge is 0.392 e. The number of hydrogen-bond donors (Lipinski definition) is 1. The SMILES string of the molecule is O=C1[C@H]2C[C@@H](O)CN2CN1c1ccccc1. The van der Waals surface area contributed by atoms with E-state index in [1.54, 1.807) is 4.90 Å². The monoisotopic (exact) mass is 218 g/mol. The minimum Gasteiger partial charge on any atom is -0.392 e. The molecule has 1 aromatic rings. The van der Waals surface area contributed by atoms with Crippen LogP contribution in [0.2, 0.25) is 0 Å². The van der Waals surface area contributed by atoms with Crippen LogP contribution in [0.5, 0.6) is 0 Å². The van der Waals surface area contributed by atoms with E-state index in [-0.39, 0.29) is 18.1 Å². The first-order valence-electron chi connectivity index (χ1n) is 5.54. The van der Waals surface area contributed by atoms with E-state index in [4.69, 9.17) is 0 Å². The molecule has 16 heavy (non-hydrogen) atoms. The van der Waals surface area contributed by atoms with Crippen LogP contribution in [-0.2, 0) is 4.79 Å². The first kappa shape index (κ1) is 9.81. The number of carbonyl (C=O) groups is 1. The van der Waals surface area contributed by atoms with E-state index in [2.05, 4.69) is 0 Å². The summed E-state index contributed by atoms with van der Waals surface area (Å²) in [6.45, 7) is 1.21. The molecular formula is C12H14N2O2. The van der Waals surface area contributed by atoms with Gasteiger partial charge in [0.1, 0.15) is 0 Å². The van der Waals surface area contributed by atoms with Crippen LogP contribution in [0.15, 0.2) is 30.3 Å². The molecule has 2 aliphatic rings. The molecule has 0 saturated carbocycles. The van der Waals surface area contributed by atoms with Gasteiger partial charge in [-0.25, -0.2) is 0 Å². The lowest BCUT2D eigenvalue weighted by molar-refractivity contribution is -0.119. The number of aliphatic hydroxyl groups excluding tert-OH is 1. The number of rotatable bonds is 1. The van der Waals surface area contributed by atoms with Crippen LogP contribution in [-0.4, -0.2) is 41.3 Å². The minimum atomic E-state index is -0.341. The third-order valence-electron chi connectivity index (χ3n) is 3.32. The number of amides is 1. The summed E-state index contributed by atoms with van der Waals surface area (Å²) >= 11 is 0. The molecule has 84 valence electrons. The van der Waals surface area contributed by atoms with Gasteiger partial charge in [0, 0.05) is 12.2 Å². The Kier molecular flexibility index (Phi) is 2.19. The second kappa shape index (κ2) is 3.57. The van der Waals surface area contributed by atoms with Crippen LogP contribution < -0.4 is 4.90 Å². The highest BCUT2D eigenvalue weighted by Gasteiger charge is 2.44. The van der Waals surface area contributed by atoms with Gasteiger partial charge in [-0.15, -0.1) is 0 Å². The van der Waals surface area contributed by atoms with Crippen molar-refractivity contribution in [2.75, 3.05) is 18.1 Å². The Morgan fingerprint density at radius 1 is 1.25 bits per heavy atom. The van der Waals surface area contributed by atoms with Crippen molar-refractivity contribution < 1.29 is 9.90 Å². The predicted octanol–water partition coefficient (Wildman–Crippen LogP) is 0.426. The average molecular weight is 218 g/mol. The summed E-state index contributed by atoms with van der Waals surface area (Å²) in [5.41, 5.74) is 0.941. The molecule has 2 saturated heterocycles. The molecule has 3 rings (SSSR count). The van der Waals surface area contributed by atoms with Gasteiger partial charge >= 0.3 is 0 Å². The van der Waals surface area contributed by atoms with Crippen LogP contribution in [0.1, 0.15) is 6.42 Å². The van der Waals surface area contributed by atoms with Crippen molar-refractivity contribution in [1.29, 1.82) is 0 Å². The van der Waals surface area contributed by atoms with E-state index in [0.29, 0.717) is 19.6 Å². The highest BCUT2D eigenvalue weighted by atomic mass is 16.3. The summed E-state index contributed by atoms with van der Waals surface area (Å²) in [6.07, 6.45) is 0.231. The van der Waals surface area contributed by atoms with Gasteiger partial charge in [0.2, 0.25) is 5.91 Å². The Hall–Kier alpha value is -1.39. The number of anilines is 1. The summed E-state index contributed by atoms with van der Waals surface area (Å²) in [6, 6.07) is 9.57. The molecule has 0 radical (unpaired) electrons. The molecule has 2 fully saturated rings. The van der Waals surface area contributed by atoms with Crippen molar-refractivity contribution in [2.45, 2.75) is 18.6 Å². The standard InChI is InChI=1S/C12H14N2O2/c15-10-6-11-12(16)14(8-13(11)7-10)9-4-2-1-3-5-9/h1-5,10-11,15H,6-8H2/t10-,11-/m1/s1. The maximum atomic E-state index is 12.1. The van der Waals surface area contributed by atoms with Gasteiger partial charge in [0.05, 0.1) is 18.8 Å². The average Bonchev–Trinajstić information content (AvgIpc) is 2.79. The summed E-state index contributed by atoms with van der Waals surface area (Å²) in [7, 11) is 0. The van der Waals surface area contributed by atoms with Crippen molar-refractivity contribution in [3.05, 3.63) is 30.3 Å². The summed E-state index contributed by atoms with van der Waals surface area (Å²) in [5, 5.41) is 9.50. The number of carbonyl (C=O) groups excluding carboxylic acids is 1. The van der Waals surface area contributed by atoms with E-state index >= 15 is 0 Å². The Morgan fingerprint density at radius 3 is 2.69 bits per heavy atom. The Bertz CT molecular complexity index is 407. The molecule has 0 aliphatic carbocycles. The fourth-order valence-electron chi connectivity index (χ4n) is 2.54. The molecule has 1 amide bonds. The summed E-state index contributed by atoms with van der Waals surface area (Å²) in [5.74, 6) is 0.114. The van der Waals surface area contributed by atoms with E-state index in [1.807, 2.05) is 35.2 Å². The fraction of sp³-hybridized carbons (Fsp3) is 0.417. The van der Waals surface area contributed by atoms with Crippen LogP contribution in [0, 0.1) is 0 Å². The van der Waals surface area contributed by atoms with Crippen molar-refractivity contribution >= 4 is 11.6 Å². The maximum absolute atomic E-state index is 12.1. The summed E-state index contributed by atoms with van der Waals surface area (Å²) < 4.78 is 0. The molecule has 2 atom stereocenters. The molecule has 4 heteroatoms. The molecule has 4 nitrogen and oxygen atoms in total. The first-order valence-corrected chi connectivity index (χ1v) is 5.54. The minimum absolute atomic E-state index is 0.114. The van der Waals surface area contributed by atoms with Crippen molar-refractivity contribution in [3.8, 4) is 0 Å². The Labute approximate surface area is 94.1 Å². The molecule has 0 aromatic heterocycles. The van der Waals surface area contributed by atoms with Gasteiger partial charge in [0.25, 0.3) is 0 Å². The van der Waals surface area contributed by atoms with Gasteiger partial charge in [-0.05, 0) is 18.6 Å². The van der Waals surface area contributed by atoms with Crippen LogP contribution in [0.3, 0.4) is 0 Å². The molecule has 0 spiro atoms. The fourth-order valence-corrected chi connectivity index (χ4v) is 2.54. The highest BCUT2D eigenvalue weighted by Crippen LogP contribution is 2.29. The predicted molar refractivity (Wildman–Crippen MR) is 59.9 cm³/mol. The molecule has 2 heterocycles. The smallest absolute Gasteiger partial charge is 0.245 e. The number of nitrogens with zero attached hydrogens (tertiary/aromatic N) is 2. The first-order chi connectivity index (χ1) is 7.75. The normalized spacial score (nSPS) is 29.8. The van der Waals surface area contributed by atoms with Gasteiger partial charge in [-0.3, -0.25) is 14.6 Å². The van der Waals surface area contributed by atoms with E-state index in [1.165, 1.54) is 0 Å². The highest BCUT2D eigenvalue weighted by molar-refractivity contribution is 5.99. The van der Waals surface area contributed by atoms with E-state index in [0.717, 1.165) is 5.69 Å². The number of benzene rings is 1. The lowest BCUT2D eigenvalue weighted by Gasteiger charge is -2.17. The zero-order valence-electron chi connectivity index (χ0n) is 8.91. The molecule has 0 bridgehead atoms. The van der Waals surface area contributed by atoms with E-state index in [9.17, 15) is 9.90 Å². The Morgan fingerprint density at radius 2 is 2.00 bits per heavy atom. The number of para-hydroxylation sites is 1. The molecule has 0 unspecified atom stereocenters. The van der Waals surface area contributed by atoms with E-state index < -0.39 is 0 Å². The molecular weight excluding hydrogens is 204 g/mol. The zero-order valence-corrected chi connectivity index (χ0v) is 8.91. The number of fused-ring (bicyclic) bond motifs is 1. The van der Waals surface area contributed by atoms with Gasteiger partial charge in [-0.1, -0.05) is 18.2 Å². The Balaban J connectivity index is 1.84. The van der Waals surface area contributed by atoms with Crippen molar-refractivity contribution in [1.82, 2.24) is 4.90 Å².